The van der Waals surface area contributed by atoms with E-state index in [2.05, 4.69) is 0 Å². The molecule has 0 saturated heterocycles. The second kappa shape index (κ2) is 12.3. The van der Waals surface area contributed by atoms with Gasteiger partial charge >= 0.3 is 11.9 Å². The lowest BCUT2D eigenvalue weighted by molar-refractivity contribution is -0.144. The van der Waals surface area contributed by atoms with Gasteiger partial charge in [0.15, 0.2) is 23.0 Å². The topological polar surface area (TPSA) is 117 Å². The highest BCUT2D eigenvalue weighted by atomic mass is 16.6. The molecule has 2 atom stereocenters. The minimum absolute atomic E-state index is 0.158. The van der Waals surface area contributed by atoms with Crippen molar-refractivity contribution in [1.82, 2.24) is 0 Å². The van der Waals surface area contributed by atoms with Crippen LogP contribution in [0.1, 0.15) is 24.2 Å². The highest BCUT2D eigenvalue weighted by Crippen LogP contribution is 2.51. The van der Waals surface area contributed by atoms with Crippen LogP contribution >= 0.6 is 0 Å². The SMILES string of the molecule is COC(=O)C1=C(c2cc(OC)c(OC)c(OC)c2)OC(c2cc(OC)c(OC)c(OC)c2)C1COC(C)=O. The highest BCUT2D eigenvalue weighted by Gasteiger charge is 2.44. The molecule has 0 radical (unpaired) electrons. The molecule has 1 heterocycles. The van der Waals surface area contributed by atoms with Gasteiger partial charge in [-0.1, -0.05) is 0 Å². The van der Waals surface area contributed by atoms with Gasteiger partial charge in [0, 0.05) is 18.1 Å². The van der Waals surface area contributed by atoms with Crippen LogP contribution in [-0.4, -0.2) is 68.3 Å². The third-order valence-corrected chi connectivity index (χ3v) is 6.04. The molecule has 0 saturated carbocycles. The molecule has 11 nitrogen and oxygen atoms in total. The number of carbonyl (C=O) groups is 2. The molecule has 0 spiro atoms. The Kier molecular flexibility index (Phi) is 9.16. The second-order valence-electron chi connectivity index (χ2n) is 8.05. The Hall–Kier alpha value is -4.28. The van der Waals surface area contributed by atoms with Crippen LogP contribution in [0.4, 0.5) is 0 Å². The molecule has 1 aliphatic heterocycles. The van der Waals surface area contributed by atoms with Gasteiger partial charge in [-0.3, -0.25) is 4.79 Å². The molecule has 2 aromatic carbocycles. The smallest absolute Gasteiger partial charge is 0.338 e. The van der Waals surface area contributed by atoms with E-state index in [1.54, 1.807) is 24.3 Å². The van der Waals surface area contributed by atoms with Gasteiger partial charge in [-0.25, -0.2) is 4.79 Å². The van der Waals surface area contributed by atoms with Crippen LogP contribution in [0.2, 0.25) is 0 Å². The molecule has 0 amide bonds. The number of rotatable bonds is 11. The van der Waals surface area contributed by atoms with Crippen molar-refractivity contribution < 1.29 is 52.2 Å². The van der Waals surface area contributed by atoms with Crippen LogP contribution in [-0.2, 0) is 23.8 Å². The third kappa shape index (κ3) is 5.36. The van der Waals surface area contributed by atoms with Crippen LogP contribution < -0.4 is 28.4 Å². The molecule has 0 bridgehead atoms. The summed E-state index contributed by atoms with van der Waals surface area (Å²) < 4.78 is 49.8. The summed E-state index contributed by atoms with van der Waals surface area (Å²) in [6.45, 7) is 1.13. The minimum Gasteiger partial charge on any atom is -0.493 e. The normalized spacial score (nSPS) is 16.3. The molecule has 0 fully saturated rings. The van der Waals surface area contributed by atoms with Crippen LogP contribution in [0.25, 0.3) is 5.76 Å². The summed E-state index contributed by atoms with van der Waals surface area (Å²) in [5.41, 5.74) is 1.21. The fraction of sp³-hybridized carbons (Fsp3) is 0.407. The number of hydrogen-bond donors (Lipinski definition) is 0. The van der Waals surface area contributed by atoms with Crippen LogP contribution in [0.15, 0.2) is 29.8 Å². The van der Waals surface area contributed by atoms with Crippen molar-refractivity contribution in [3.05, 3.63) is 41.0 Å². The van der Waals surface area contributed by atoms with E-state index in [0.29, 0.717) is 45.6 Å². The minimum atomic E-state index is -0.800. The number of methoxy groups -OCH3 is 7. The first kappa shape index (κ1) is 28.3. The van der Waals surface area contributed by atoms with Crippen LogP contribution in [0, 0.1) is 5.92 Å². The maximum Gasteiger partial charge on any atom is 0.338 e. The monoisotopic (exact) mass is 532 g/mol. The van der Waals surface area contributed by atoms with Crippen LogP contribution in [0.3, 0.4) is 0 Å². The molecule has 0 N–H and O–H groups in total. The van der Waals surface area contributed by atoms with Gasteiger partial charge in [-0.2, -0.15) is 0 Å². The largest absolute Gasteiger partial charge is 0.493 e. The Morgan fingerprint density at radius 2 is 1.21 bits per heavy atom. The van der Waals surface area contributed by atoms with Gasteiger partial charge in [-0.15, -0.1) is 0 Å². The number of ether oxygens (including phenoxy) is 9. The zero-order valence-electron chi connectivity index (χ0n) is 22.7. The van der Waals surface area contributed by atoms with Crippen molar-refractivity contribution in [2.24, 2.45) is 5.92 Å². The third-order valence-electron chi connectivity index (χ3n) is 6.04. The molecule has 2 unspecified atom stereocenters. The summed E-state index contributed by atoms with van der Waals surface area (Å²) in [7, 11) is 10.2. The lowest BCUT2D eigenvalue weighted by atomic mass is 9.89. The Bertz CT molecular complexity index is 1170. The predicted octanol–water partition coefficient (Wildman–Crippen LogP) is 3.57. The first-order valence-electron chi connectivity index (χ1n) is 11.5. The van der Waals surface area contributed by atoms with Crippen LogP contribution in [0.5, 0.6) is 34.5 Å². The second-order valence-corrected chi connectivity index (χ2v) is 8.05. The summed E-state index contributed by atoms with van der Waals surface area (Å²) in [5, 5.41) is 0. The van der Waals surface area contributed by atoms with Gasteiger partial charge in [-0.05, 0) is 24.3 Å². The summed E-state index contributed by atoms with van der Waals surface area (Å²) in [6, 6.07) is 6.72. The van der Waals surface area contributed by atoms with Gasteiger partial charge < -0.3 is 42.6 Å². The van der Waals surface area contributed by atoms with Crippen molar-refractivity contribution in [2.75, 3.05) is 56.4 Å². The molecule has 2 aromatic rings. The molecular weight excluding hydrogens is 500 g/mol. The fourth-order valence-electron chi connectivity index (χ4n) is 4.33. The lowest BCUT2D eigenvalue weighted by Gasteiger charge is -2.23. The van der Waals surface area contributed by atoms with E-state index in [-0.39, 0.29) is 17.9 Å². The zero-order valence-corrected chi connectivity index (χ0v) is 22.7. The van der Waals surface area contributed by atoms with E-state index in [0.717, 1.165) is 0 Å². The standard InChI is InChI=1S/C27H32O11/c1-14(28)37-13-17-22(27(29)36-8)24(16-11-20(32-4)26(35-7)21(12-16)33-5)38-23(17)15-9-18(30-2)25(34-6)19(10-15)31-3/h9-12,17,23H,13H2,1-8H3. The quantitative estimate of drug-likeness (QED) is 0.395. The van der Waals surface area contributed by atoms with Crippen molar-refractivity contribution in [1.29, 1.82) is 0 Å². The summed E-state index contributed by atoms with van der Waals surface area (Å²) >= 11 is 0. The number of carbonyl (C=O) groups excluding carboxylic acids is 2. The maximum absolute atomic E-state index is 13.2. The summed E-state index contributed by atoms with van der Waals surface area (Å²) in [6.07, 6.45) is -0.800. The maximum atomic E-state index is 13.2. The van der Waals surface area contributed by atoms with Gasteiger partial charge in [0.25, 0.3) is 0 Å². The van der Waals surface area contributed by atoms with Crippen molar-refractivity contribution in [3.63, 3.8) is 0 Å². The first-order chi connectivity index (χ1) is 18.3. The Morgan fingerprint density at radius 1 is 0.737 bits per heavy atom. The Balaban J connectivity index is 2.26. The lowest BCUT2D eigenvalue weighted by Crippen LogP contribution is -2.23. The molecule has 38 heavy (non-hydrogen) atoms. The van der Waals surface area contributed by atoms with E-state index in [1.165, 1.54) is 56.7 Å². The van der Waals surface area contributed by atoms with E-state index >= 15 is 0 Å². The van der Waals surface area contributed by atoms with Crippen molar-refractivity contribution in [2.45, 2.75) is 13.0 Å². The van der Waals surface area contributed by atoms with Crippen molar-refractivity contribution in [3.8, 4) is 34.5 Å². The number of esters is 2. The molecule has 206 valence electrons. The molecule has 0 aliphatic carbocycles. The van der Waals surface area contributed by atoms with Crippen molar-refractivity contribution >= 4 is 17.7 Å². The molecular formula is C27H32O11. The molecule has 1 aliphatic rings. The van der Waals surface area contributed by atoms with E-state index in [9.17, 15) is 9.59 Å². The van der Waals surface area contributed by atoms with E-state index in [4.69, 9.17) is 42.6 Å². The summed E-state index contributed by atoms with van der Waals surface area (Å²) in [5.74, 6) is 0.532. The summed E-state index contributed by atoms with van der Waals surface area (Å²) in [4.78, 5) is 24.9. The molecule has 11 heteroatoms. The average molecular weight is 533 g/mol. The Labute approximate surface area is 221 Å². The fourth-order valence-corrected chi connectivity index (χ4v) is 4.33. The molecule has 3 rings (SSSR count). The van der Waals surface area contributed by atoms with Gasteiger partial charge in [0.05, 0.1) is 61.3 Å². The predicted molar refractivity (Wildman–Crippen MR) is 135 cm³/mol. The van der Waals surface area contributed by atoms with Gasteiger partial charge in [0.1, 0.15) is 18.5 Å². The Morgan fingerprint density at radius 3 is 1.61 bits per heavy atom. The molecule has 0 aromatic heterocycles. The average Bonchev–Trinajstić information content (AvgIpc) is 3.33. The zero-order chi connectivity index (χ0) is 28.0. The highest BCUT2D eigenvalue weighted by molar-refractivity contribution is 5.98. The number of benzene rings is 2. The van der Waals surface area contributed by atoms with E-state index in [1.807, 2.05) is 0 Å². The number of hydrogen-bond acceptors (Lipinski definition) is 11. The van der Waals surface area contributed by atoms with E-state index < -0.39 is 24.0 Å². The van der Waals surface area contributed by atoms with Gasteiger partial charge in [0.2, 0.25) is 11.5 Å². The first-order valence-corrected chi connectivity index (χ1v) is 11.5.